The molecule has 0 radical (unpaired) electrons. The van der Waals surface area contributed by atoms with E-state index in [9.17, 15) is 19.5 Å². The molecule has 2 amide bonds. The highest BCUT2D eigenvalue weighted by Gasteiger charge is 2.38. The molecule has 2 aromatic carbocycles. The fourth-order valence-electron chi connectivity index (χ4n) is 4.78. The number of hydrogen-bond acceptors (Lipinski definition) is 5. The molecule has 2 aromatic rings. The van der Waals surface area contributed by atoms with E-state index in [0.29, 0.717) is 19.4 Å². The molecule has 2 atom stereocenters. The second-order valence-electron chi connectivity index (χ2n) is 9.97. The maximum absolute atomic E-state index is 13.2. The number of nitrogens with one attached hydrogen (secondary N) is 1. The van der Waals surface area contributed by atoms with Crippen molar-refractivity contribution in [1.82, 2.24) is 10.2 Å². The molecule has 2 aliphatic rings. The van der Waals surface area contributed by atoms with Crippen molar-refractivity contribution in [2.45, 2.75) is 57.2 Å². The second-order valence-corrected chi connectivity index (χ2v) is 9.97. The average molecular weight is 481 g/mol. The third-order valence-electron chi connectivity index (χ3n) is 6.44. The van der Waals surface area contributed by atoms with Crippen LogP contribution in [0.25, 0.3) is 11.1 Å². The van der Waals surface area contributed by atoms with Crippen LogP contribution in [0, 0.1) is 0 Å². The van der Waals surface area contributed by atoms with Gasteiger partial charge in [0.05, 0.1) is 12.2 Å². The van der Waals surface area contributed by atoms with Crippen LogP contribution in [0.15, 0.2) is 48.5 Å². The Morgan fingerprint density at radius 2 is 1.66 bits per heavy atom. The van der Waals surface area contributed by atoms with Crippen molar-refractivity contribution in [3.63, 3.8) is 0 Å². The minimum Gasteiger partial charge on any atom is -0.480 e. The lowest BCUT2D eigenvalue weighted by Gasteiger charge is -2.29. The lowest BCUT2D eigenvalue weighted by atomic mass is 9.98. The van der Waals surface area contributed by atoms with Crippen LogP contribution < -0.4 is 5.32 Å². The summed E-state index contributed by atoms with van der Waals surface area (Å²) in [5.41, 5.74) is 3.88. The van der Waals surface area contributed by atoms with Crippen LogP contribution >= 0.6 is 0 Å². The van der Waals surface area contributed by atoms with Gasteiger partial charge in [-0.05, 0) is 55.9 Å². The standard InChI is InChI=1S/C27H32N2O6/c1-27(2,3)35-16-22(24(30)29-14-8-13-23(29)25(31)32)28-26(33)34-15-21-19-11-6-4-9-17(19)18-10-5-7-12-20(18)21/h4-7,9-12,21-23H,8,13-16H2,1-3H3,(H,28,33)(H,31,32). The summed E-state index contributed by atoms with van der Waals surface area (Å²) in [6.07, 6.45) is 0.244. The van der Waals surface area contributed by atoms with E-state index in [2.05, 4.69) is 17.4 Å². The lowest BCUT2D eigenvalue weighted by Crippen LogP contribution is -2.54. The summed E-state index contributed by atoms with van der Waals surface area (Å²) < 4.78 is 11.4. The third-order valence-corrected chi connectivity index (χ3v) is 6.44. The Kier molecular flexibility index (Phi) is 7.12. The van der Waals surface area contributed by atoms with Crippen molar-refractivity contribution >= 4 is 18.0 Å². The van der Waals surface area contributed by atoms with Crippen molar-refractivity contribution < 1.29 is 29.0 Å². The Morgan fingerprint density at radius 3 is 2.23 bits per heavy atom. The number of rotatable bonds is 7. The average Bonchev–Trinajstić information content (AvgIpc) is 3.43. The minimum atomic E-state index is -1.05. The van der Waals surface area contributed by atoms with Crippen LogP contribution in [0.1, 0.15) is 50.7 Å². The van der Waals surface area contributed by atoms with Crippen LogP contribution in [0.2, 0.25) is 0 Å². The van der Waals surface area contributed by atoms with Gasteiger partial charge in [-0.1, -0.05) is 48.5 Å². The van der Waals surface area contributed by atoms with Crippen LogP contribution in [0.4, 0.5) is 4.79 Å². The molecular weight excluding hydrogens is 448 g/mol. The molecule has 1 aliphatic carbocycles. The molecule has 0 bridgehead atoms. The number of amides is 2. The van der Waals surface area contributed by atoms with Gasteiger partial charge in [-0.25, -0.2) is 9.59 Å². The summed E-state index contributed by atoms with van der Waals surface area (Å²) in [6.45, 7) is 5.89. The van der Waals surface area contributed by atoms with Crippen LogP contribution in [-0.2, 0) is 19.1 Å². The molecule has 186 valence electrons. The maximum Gasteiger partial charge on any atom is 0.407 e. The number of carbonyl (C=O) groups is 3. The first-order valence-corrected chi connectivity index (χ1v) is 11.9. The Labute approximate surface area is 205 Å². The number of fused-ring (bicyclic) bond motifs is 3. The van der Waals surface area contributed by atoms with E-state index in [1.165, 1.54) is 4.90 Å². The molecule has 8 heteroatoms. The third kappa shape index (κ3) is 5.48. The molecule has 2 unspecified atom stereocenters. The summed E-state index contributed by atoms with van der Waals surface area (Å²) in [7, 11) is 0. The first-order valence-electron chi connectivity index (χ1n) is 11.9. The number of alkyl carbamates (subject to hydrolysis) is 1. The van der Waals surface area contributed by atoms with Gasteiger partial charge in [0.2, 0.25) is 5.91 Å². The van der Waals surface area contributed by atoms with E-state index < -0.39 is 35.7 Å². The molecule has 0 spiro atoms. The van der Waals surface area contributed by atoms with Gasteiger partial charge in [-0.2, -0.15) is 0 Å². The molecule has 1 saturated heterocycles. The van der Waals surface area contributed by atoms with Crippen molar-refractivity contribution in [2.75, 3.05) is 19.8 Å². The van der Waals surface area contributed by atoms with Crippen LogP contribution in [-0.4, -0.2) is 65.4 Å². The van der Waals surface area contributed by atoms with Gasteiger partial charge in [-0.3, -0.25) is 4.79 Å². The summed E-state index contributed by atoms with van der Waals surface area (Å²) in [5, 5.41) is 12.1. The number of likely N-dealkylation sites (tertiary alicyclic amines) is 1. The minimum absolute atomic E-state index is 0.0879. The molecule has 0 saturated carbocycles. The fraction of sp³-hybridized carbons (Fsp3) is 0.444. The van der Waals surface area contributed by atoms with E-state index in [4.69, 9.17) is 9.47 Å². The summed E-state index contributed by atoms with van der Waals surface area (Å²) in [5.74, 6) is -1.64. The van der Waals surface area contributed by atoms with E-state index in [0.717, 1.165) is 22.3 Å². The predicted octanol–water partition coefficient (Wildman–Crippen LogP) is 3.78. The van der Waals surface area contributed by atoms with Crippen molar-refractivity contribution in [3.8, 4) is 11.1 Å². The van der Waals surface area contributed by atoms with Gasteiger partial charge in [0.25, 0.3) is 0 Å². The van der Waals surface area contributed by atoms with Gasteiger partial charge in [-0.15, -0.1) is 0 Å². The van der Waals surface area contributed by atoms with E-state index >= 15 is 0 Å². The quantitative estimate of drug-likeness (QED) is 0.625. The number of aliphatic carboxylic acids is 1. The largest absolute Gasteiger partial charge is 0.480 e. The maximum atomic E-state index is 13.2. The van der Waals surface area contributed by atoms with E-state index in [-0.39, 0.29) is 19.1 Å². The highest BCUT2D eigenvalue weighted by atomic mass is 16.5. The molecule has 8 nitrogen and oxygen atoms in total. The predicted molar refractivity (Wildman–Crippen MR) is 130 cm³/mol. The Balaban J connectivity index is 1.45. The molecular formula is C27H32N2O6. The van der Waals surface area contributed by atoms with Crippen LogP contribution in [0.3, 0.4) is 0 Å². The first-order chi connectivity index (χ1) is 16.7. The smallest absolute Gasteiger partial charge is 0.407 e. The van der Waals surface area contributed by atoms with Crippen molar-refractivity contribution in [2.24, 2.45) is 0 Å². The van der Waals surface area contributed by atoms with E-state index in [1.54, 1.807) is 0 Å². The summed E-state index contributed by atoms with van der Waals surface area (Å²) in [4.78, 5) is 38.9. The topological polar surface area (TPSA) is 105 Å². The fourth-order valence-corrected chi connectivity index (χ4v) is 4.78. The number of carbonyl (C=O) groups excluding carboxylic acids is 2. The molecule has 0 aromatic heterocycles. The zero-order chi connectivity index (χ0) is 25.2. The normalized spacial score (nSPS) is 18.0. The van der Waals surface area contributed by atoms with Gasteiger partial charge in [0.1, 0.15) is 18.7 Å². The zero-order valence-electron chi connectivity index (χ0n) is 20.3. The first kappa shape index (κ1) is 24.7. The van der Waals surface area contributed by atoms with Crippen LogP contribution in [0.5, 0.6) is 0 Å². The highest BCUT2D eigenvalue weighted by Crippen LogP contribution is 2.44. The van der Waals surface area contributed by atoms with Gasteiger partial charge in [0.15, 0.2) is 0 Å². The SMILES string of the molecule is CC(C)(C)OCC(NC(=O)OCC1c2ccccc2-c2ccccc21)C(=O)N1CCCC1C(=O)O. The molecule has 35 heavy (non-hydrogen) atoms. The molecule has 1 fully saturated rings. The Bertz CT molecular complexity index is 1060. The number of ether oxygens (including phenoxy) is 2. The van der Waals surface area contributed by atoms with Crippen molar-refractivity contribution in [3.05, 3.63) is 59.7 Å². The molecule has 1 aliphatic heterocycles. The monoisotopic (exact) mass is 480 g/mol. The zero-order valence-corrected chi connectivity index (χ0v) is 20.3. The van der Waals surface area contributed by atoms with Crippen molar-refractivity contribution in [1.29, 1.82) is 0 Å². The number of hydrogen-bond donors (Lipinski definition) is 2. The molecule has 4 rings (SSSR count). The highest BCUT2D eigenvalue weighted by molar-refractivity contribution is 5.90. The van der Waals surface area contributed by atoms with Gasteiger partial charge < -0.3 is 24.8 Å². The van der Waals surface area contributed by atoms with Gasteiger partial charge >= 0.3 is 12.1 Å². The van der Waals surface area contributed by atoms with E-state index in [1.807, 2.05) is 57.2 Å². The Hall–Kier alpha value is -3.39. The second kappa shape index (κ2) is 10.1. The number of nitrogens with zero attached hydrogens (tertiary/aromatic N) is 1. The number of benzene rings is 2. The summed E-state index contributed by atoms with van der Waals surface area (Å²) in [6, 6.07) is 14.1. The van der Waals surface area contributed by atoms with Gasteiger partial charge in [0, 0.05) is 12.5 Å². The molecule has 2 N–H and O–H groups in total. The number of carboxylic acid groups (broad SMARTS) is 1. The lowest BCUT2D eigenvalue weighted by molar-refractivity contribution is -0.150. The Morgan fingerprint density at radius 1 is 1.06 bits per heavy atom. The molecule has 1 heterocycles. The summed E-state index contributed by atoms with van der Waals surface area (Å²) >= 11 is 0. The number of carboxylic acids is 1.